The van der Waals surface area contributed by atoms with Gasteiger partial charge in [0.1, 0.15) is 5.60 Å². The van der Waals surface area contributed by atoms with E-state index in [9.17, 15) is 19.2 Å². The Morgan fingerprint density at radius 3 is 1.89 bits per heavy atom. The van der Waals surface area contributed by atoms with Crippen LogP contribution in [0.5, 0.6) is 0 Å². The molecule has 0 spiro atoms. The van der Waals surface area contributed by atoms with E-state index >= 15 is 4.79 Å². The highest BCUT2D eigenvalue weighted by Gasteiger charge is 2.34. The molecule has 8 aromatic rings. The van der Waals surface area contributed by atoms with Gasteiger partial charge in [0.15, 0.2) is 11.4 Å². The van der Waals surface area contributed by atoms with Gasteiger partial charge in [-0.25, -0.2) is 14.8 Å². The summed E-state index contributed by atoms with van der Waals surface area (Å²) in [5.74, 6) is -2.13. The van der Waals surface area contributed by atoms with Crippen LogP contribution in [0.1, 0.15) is 125 Å². The highest BCUT2D eigenvalue weighted by atomic mass is 16.6. The van der Waals surface area contributed by atoms with E-state index in [-0.39, 0.29) is 47.3 Å². The third-order valence-corrected chi connectivity index (χ3v) is 14.8. The molecule has 20 heteroatoms. The van der Waals surface area contributed by atoms with Crippen molar-refractivity contribution >= 4 is 62.6 Å². The second-order valence-corrected chi connectivity index (χ2v) is 21.5. The number of hydrogen-bond donors (Lipinski definition) is 5. The zero-order chi connectivity index (χ0) is 55.8. The van der Waals surface area contributed by atoms with Gasteiger partial charge in [0.25, 0.3) is 23.6 Å². The van der Waals surface area contributed by atoms with E-state index < -0.39 is 41.4 Å². The molecule has 80 heavy (non-hydrogen) atoms. The standard InChI is InChI=1S/C60H66N14O6/c1-38(52(48-20-9-11-25-61-48)71-58(78)54-50(22-14-27-63-54)69-55(75)47-24-23-39(36-73-65-28-29-66-73)43-16-5-7-18-45(43)47)33-40-34-41(37-74-67-30-31-68-74)44-17-6-8-19-46(44)51(40)56(76)70-49-21-13-26-62-53(49)57(77)64-35-42-15-10-12-32-72(42)59(79)80-60(2,3)4/h5-8,13-14,16-19,21-24,26-31,34,38,42,48,52,61H,9-12,15,20,25,32-33,35-37H2,1-4H3,(H,64,77)(H,69,75)(H,70,76)(H,71,78)/t38-,42?,48?,52?/m1/s1. The first-order chi connectivity index (χ1) is 38.8. The third-order valence-electron chi connectivity index (χ3n) is 14.8. The van der Waals surface area contributed by atoms with E-state index in [0.717, 1.165) is 65.9 Å². The SMILES string of the molecule is C[C@H](Cc1cc(Cn2nccn2)c2ccccc2c1C(=O)Nc1cccnc1C(=O)NCC1CCCCN1C(=O)OC(C)(C)C)C(NC(=O)c1ncccc1NC(=O)c1ccc(Cn2nccn2)c2ccccc12)C1CCCCN1. The second kappa shape index (κ2) is 24.4. The number of carbonyl (C=O) groups is 5. The van der Waals surface area contributed by atoms with Crippen molar-refractivity contribution in [1.82, 2.24) is 60.8 Å². The molecule has 3 unspecified atom stereocenters. The largest absolute Gasteiger partial charge is 0.444 e. The zero-order valence-corrected chi connectivity index (χ0v) is 45.4. The summed E-state index contributed by atoms with van der Waals surface area (Å²) in [5, 5.41) is 36.5. The number of likely N-dealkylation sites (tertiary alicyclic amines) is 1. The number of anilines is 2. The molecule has 2 fully saturated rings. The molecule has 4 atom stereocenters. The first-order valence-corrected chi connectivity index (χ1v) is 27.3. The van der Waals surface area contributed by atoms with Crippen molar-refractivity contribution in [3.8, 4) is 0 Å². The van der Waals surface area contributed by atoms with Crippen LogP contribution < -0.4 is 26.6 Å². The fourth-order valence-corrected chi connectivity index (χ4v) is 11.1. The molecule has 0 radical (unpaired) electrons. The fourth-order valence-electron chi connectivity index (χ4n) is 11.1. The molecular weight excluding hydrogens is 1010 g/mol. The highest BCUT2D eigenvalue weighted by Crippen LogP contribution is 2.33. The van der Waals surface area contributed by atoms with E-state index in [4.69, 9.17) is 4.74 Å². The maximum Gasteiger partial charge on any atom is 0.410 e. The zero-order valence-electron chi connectivity index (χ0n) is 45.4. The Bertz CT molecular complexity index is 3520. The predicted octanol–water partition coefficient (Wildman–Crippen LogP) is 8.21. The van der Waals surface area contributed by atoms with E-state index in [1.165, 1.54) is 12.4 Å². The van der Waals surface area contributed by atoms with Gasteiger partial charge >= 0.3 is 6.09 Å². The van der Waals surface area contributed by atoms with Crippen LogP contribution in [0.15, 0.2) is 128 Å². The molecule has 20 nitrogen and oxygen atoms in total. The normalized spacial score (nSPS) is 16.4. The van der Waals surface area contributed by atoms with Gasteiger partial charge in [0.2, 0.25) is 0 Å². The van der Waals surface area contributed by atoms with Gasteiger partial charge in [-0.2, -0.15) is 30.0 Å². The molecule has 6 heterocycles. The number of benzene rings is 4. The number of nitrogens with zero attached hydrogens (tertiary/aromatic N) is 9. The van der Waals surface area contributed by atoms with Crippen LogP contribution in [0, 0.1) is 5.92 Å². The molecule has 2 aliphatic heterocycles. The van der Waals surface area contributed by atoms with Crippen LogP contribution in [0.2, 0.25) is 0 Å². The Hall–Kier alpha value is -8.91. The monoisotopic (exact) mass is 1080 g/mol. The van der Waals surface area contributed by atoms with Gasteiger partial charge in [-0.15, -0.1) is 0 Å². The molecule has 2 aliphatic rings. The maximum atomic E-state index is 15.2. The number of ether oxygens (including phenoxy) is 1. The average molecular weight is 1080 g/mol. The number of carbonyl (C=O) groups excluding carboxylic acids is 5. The molecule has 0 bridgehead atoms. The quantitative estimate of drug-likeness (QED) is 0.0578. The predicted molar refractivity (Wildman–Crippen MR) is 303 cm³/mol. The topological polar surface area (TPSA) is 245 Å². The van der Waals surface area contributed by atoms with E-state index in [2.05, 4.69) is 63.9 Å². The number of hydrogen-bond acceptors (Lipinski definition) is 13. The Balaban J connectivity index is 0.927. The smallest absolute Gasteiger partial charge is 0.410 e. The number of nitrogens with one attached hydrogen (secondary N) is 5. The fraction of sp³-hybridized carbons (Fsp3) is 0.350. The first-order valence-electron chi connectivity index (χ1n) is 27.3. The summed E-state index contributed by atoms with van der Waals surface area (Å²) in [7, 11) is 0. The number of fused-ring (bicyclic) bond motifs is 2. The molecule has 5 N–H and O–H groups in total. The lowest BCUT2D eigenvalue weighted by Crippen LogP contribution is -2.55. The van der Waals surface area contributed by atoms with Crippen LogP contribution in [0.3, 0.4) is 0 Å². The van der Waals surface area contributed by atoms with Crippen LogP contribution in [-0.2, 0) is 24.2 Å². The lowest BCUT2D eigenvalue weighted by Gasteiger charge is -2.36. The summed E-state index contributed by atoms with van der Waals surface area (Å²) in [6.45, 7) is 9.72. The third kappa shape index (κ3) is 12.7. The molecule has 10 rings (SSSR count). The summed E-state index contributed by atoms with van der Waals surface area (Å²) >= 11 is 0. The number of amides is 5. The van der Waals surface area contributed by atoms with Crippen molar-refractivity contribution in [3.63, 3.8) is 0 Å². The van der Waals surface area contributed by atoms with Crippen molar-refractivity contribution in [1.29, 1.82) is 0 Å². The lowest BCUT2D eigenvalue weighted by molar-refractivity contribution is 0.00982. The summed E-state index contributed by atoms with van der Waals surface area (Å²) in [6.07, 6.45) is 14.5. The molecule has 412 valence electrons. The van der Waals surface area contributed by atoms with E-state index in [1.54, 1.807) is 69.6 Å². The summed E-state index contributed by atoms with van der Waals surface area (Å²) < 4.78 is 5.70. The minimum absolute atomic E-state index is 0.0164. The minimum Gasteiger partial charge on any atom is -0.444 e. The first kappa shape index (κ1) is 54.4. The van der Waals surface area contributed by atoms with Crippen molar-refractivity contribution in [3.05, 3.63) is 167 Å². The van der Waals surface area contributed by atoms with Gasteiger partial charge < -0.3 is 36.2 Å². The number of piperidine rings is 2. The average Bonchev–Trinajstić information content (AvgIpc) is 4.21. The van der Waals surface area contributed by atoms with E-state index in [0.29, 0.717) is 54.6 Å². The van der Waals surface area contributed by atoms with Crippen LogP contribution in [0.25, 0.3) is 21.5 Å². The lowest BCUT2D eigenvalue weighted by atomic mass is 9.83. The molecule has 4 aromatic carbocycles. The molecule has 2 saturated heterocycles. The Morgan fingerprint density at radius 2 is 1.24 bits per heavy atom. The van der Waals surface area contributed by atoms with Crippen molar-refractivity contribution in [2.75, 3.05) is 30.3 Å². The molecule has 4 aromatic heterocycles. The molecule has 5 amide bonds. The maximum absolute atomic E-state index is 15.2. The van der Waals surface area contributed by atoms with Gasteiger partial charge in [-0.05, 0) is 140 Å². The number of pyridine rings is 2. The Kier molecular flexibility index (Phi) is 16.6. The van der Waals surface area contributed by atoms with Gasteiger partial charge in [0, 0.05) is 43.1 Å². The van der Waals surface area contributed by atoms with Gasteiger partial charge in [-0.3, -0.25) is 19.2 Å². The van der Waals surface area contributed by atoms with Crippen LogP contribution in [-0.4, -0.2) is 118 Å². The van der Waals surface area contributed by atoms with Crippen molar-refractivity contribution < 1.29 is 28.7 Å². The van der Waals surface area contributed by atoms with Gasteiger partial charge in [-0.1, -0.05) is 74.0 Å². The number of aromatic nitrogens is 8. The van der Waals surface area contributed by atoms with Crippen LogP contribution >= 0.6 is 0 Å². The van der Waals surface area contributed by atoms with Gasteiger partial charge in [0.05, 0.1) is 60.9 Å². The van der Waals surface area contributed by atoms with Crippen LogP contribution in [0.4, 0.5) is 16.2 Å². The Morgan fingerprint density at radius 1 is 0.637 bits per heavy atom. The Labute approximate surface area is 463 Å². The summed E-state index contributed by atoms with van der Waals surface area (Å²) in [6, 6.07) is 26.7. The van der Waals surface area contributed by atoms with Crippen molar-refractivity contribution in [2.45, 2.75) is 109 Å². The minimum atomic E-state index is -0.673. The molecule has 0 saturated carbocycles. The number of rotatable bonds is 17. The molecular formula is C60H66N14O6. The summed E-state index contributed by atoms with van der Waals surface area (Å²) in [4.78, 5) is 85.3. The molecule has 0 aliphatic carbocycles. The second-order valence-electron chi connectivity index (χ2n) is 21.5. The van der Waals surface area contributed by atoms with Crippen molar-refractivity contribution in [2.24, 2.45) is 5.92 Å². The summed E-state index contributed by atoms with van der Waals surface area (Å²) in [5.41, 5.74) is 3.19. The van der Waals surface area contributed by atoms with E-state index in [1.807, 2.05) is 81.4 Å². The highest BCUT2D eigenvalue weighted by molar-refractivity contribution is 6.17.